The first-order valence-electron chi connectivity index (χ1n) is 25.4. The van der Waals surface area contributed by atoms with E-state index in [-0.39, 0.29) is 129 Å². The molecule has 20 heteroatoms. The number of aliphatic hydroxyl groups is 1. The Hall–Kier alpha value is -9.38. The summed E-state index contributed by atoms with van der Waals surface area (Å²) in [6.07, 6.45) is 5.37. The molecular formula is C67H50K2N14O4. The van der Waals surface area contributed by atoms with Crippen molar-refractivity contribution in [2.45, 2.75) is 37.8 Å². The Morgan fingerprint density at radius 2 is 0.770 bits per heavy atom. The van der Waals surface area contributed by atoms with Gasteiger partial charge in [-0.1, -0.05) is 159 Å². The van der Waals surface area contributed by atoms with Gasteiger partial charge in [-0.25, -0.2) is 34.0 Å². The van der Waals surface area contributed by atoms with E-state index >= 15 is 0 Å². The van der Waals surface area contributed by atoms with E-state index in [1.807, 2.05) is 127 Å². The third-order valence-corrected chi connectivity index (χ3v) is 12.6. The number of aromatic nitrogens is 6. The number of aliphatic hydroxyl groups excluding tert-OH is 1. The topological polar surface area (TPSA) is 254 Å². The Bertz CT molecular complexity index is 3490. The standard InChI is InChI=1S/C17H11N5.2C16H12N2.C15H10N2O.C2H3N3.CH2O3.2K.H/c1-19-16-8-6-15(7-9-16)17(22-12-20-11-21-22)14-4-2-13(10-18)3-5-14;2*1-12(14-5-3-13(11-17)4-6-14)15-7-9-16(18-2)10-8-15;1-17-14-8-6-13(7-9-14)15(18)12-4-2-11(10-16)3-5-12;1-3-2-5-4-1;2-1-4-3;;;/h2-9,11-12,17H;2*3-10,12H,1H3;2-9,15,18H;1-2H,(H,3,4,5);1,3H;;;/q;;;;;;2*+1;-1/p-1. The normalized spacial score (nSPS) is 10.6. The second-order valence-corrected chi connectivity index (χ2v) is 17.7. The number of carbonyl (C=O) groups is 1. The molecule has 0 radical (unpaired) electrons. The van der Waals surface area contributed by atoms with Crippen LogP contribution in [0.3, 0.4) is 0 Å². The molecule has 8 aromatic carbocycles. The molecule has 0 saturated carbocycles. The van der Waals surface area contributed by atoms with Crippen LogP contribution in [-0.2, 0) is 9.68 Å². The van der Waals surface area contributed by atoms with Crippen LogP contribution in [0.5, 0.6) is 0 Å². The number of rotatable bonds is 10. The van der Waals surface area contributed by atoms with Crippen molar-refractivity contribution >= 4 is 29.2 Å². The predicted molar refractivity (Wildman–Crippen MR) is 316 cm³/mol. The van der Waals surface area contributed by atoms with Gasteiger partial charge in [0.25, 0.3) is 6.47 Å². The maximum atomic E-state index is 10.2. The van der Waals surface area contributed by atoms with E-state index in [0.717, 1.165) is 22.3 Å². The summed E-state index contributed by atoms with van der Waals surface area (Å²) in [5.74, 6) is 0.523. The van der Waals surface area contributed by atoms with Gasteiger partial charge in [0, 0.05) is 11.8 Å². The summed E-state index contributed by atoms with van der Waals surface area (Å²) in [7, 11) is 0. The van der Waals surface area contributed by atoms with Gasteiger partial charge in [-0.2, -0.15) is 31.2 Å². The Balaban J connectivity index is 0.000000378. The summed E-state index contributed by atoms with van der Waals surface area (Å²) in [6, 6.07) is 67.2. The van der Waals surface area contributed by atoms with Crippen LogP contribution in [0.15, 0.2) is 219 Å². The van der Waals surface area contributed by atoms with Crippen LogP contribution >= 0.6 is 0 Å². The zero-order valence-electron chi connectivity index (χ0n) is 48.7. The van der Waals surface area contributed by atoms with Crippen molar-refractivity contribution in [1.82, 2.24) is 29.9 Å². The van der Waals surface area contributed by atoms with Gasteiger partial charge in [0.05, 0.1) is 72.8 Å². The molecule has 10 aromatic rings. The number of hydrogen-bond donors (Lipinski definition) is 2. The Labute approximate surface area is 591 Å². The van der Waals surface area contributed by atoms with Gasteiger partial charge in [0.15, 0.2) is 22.7 Å². The molecule has 0 aliphatic heterocycles. The van der Waals surface area contributed by atoms with Gasteiger partial charge < -0.3 is 16.7 Å². The van der Waals surface area contributed by atoms with E-state index in [2.05, 4.69) is 81.6 Å². The summed E-state index contributed by atoms with van der Waals surface area (Å²) in [5.41, 5.74) is 13.1. The van der Waals surface area contributed by atoms with Crippen LogP contribution in [-0.4, -0.2) is 41.5 Å². The number of nitrogens with zero attached hydrogens (tertiary/aromatic N) is 13. The van der Waals surface area contributed by atoms with E-state index in [4.69, 9.17) is 57.4 Å². The van der Waals surface area contributed by atoms with Crippen molar-refractivity contribution in [2.24, 2.45) is 0 Å². The summed E-state index contributed by atoms with van der Waals surface area (Å²) in [5, 5.41) is 64.0. The maximum absolute atomic E-state index is 10.2. The molecule has 87 heavy (non-hydrogen) atoms. The third kappa shape index (κ3) is 23.2. The number of aromatic amines is 1. The van der Waals surface area contributed by atoms with Crippen molar-refractivity contribution in [1.29, 1.82) is 21.0 Å². The average Bonchev–Trinajstić information content (AvgIpc) is 4.49. The number of benzene rings is 8. The third-order valence-electron chi connectivity index (χ3n) is 12.6. The zero-order valence-corrected chi connectivity index (χ0v) is 53.9. The number of carbonyl (C=O) groups excluding carboxylic acids is 1. The van der Waals surface area contributed by atoms with Crippen molar-refractivity contribution in [3.63, 3.8) is 0 Å². The van der Waals surface area contributed by atoms with Gasteiger partial charge in [0.2, 0.25) is 0 Å². The SMILES string of the molecule is O=CO[O-].[C-]#[N+]c1ccc(C(C)c2ccc(C#N)cc2)cc1.[C-]#[N+]c1ccc(C(C)c2ccc(C#N)cc2)cc1.[C-]#[N+]c1ccc(C(O)c2ccc(C#N)cc2)cc1.[C-]#[N+]c1ccc(C(c2ccc(C#N)cc2)n2cncn2)cc1.[H-].[K+].[K+].c1nc[nH]n1. The number of nitrogens with one attached hydrogen (secondary N) is 1. The molecule has 2 heterocycles. The van der Waals surface area contributed by atoms with Crippen LogP contribution in [0.2, 0.25) is 0 Å². The first-order chi connectivity index (χ1) is 41.4. The second-order valence-electron chi connectivity index (χ2n) is 17.7. The monoisotopic (exact) mass is 1190 g/mol. The van der Waals surface area contributed by atoms with Gasteiger partial charge in [0.1, 0.15) is 37.5 Å². The molecule has 4 atom stereocenters. The molecule has 2 aromatic heterocycles. The molecule has 0 amide bonds. The van der Waals surface area contributed by atoms with Crippen LogP contribution in [0.25, 0.3) is 19.4 Å². The molecule has 0 fully saturated rings. The fourth-order valence-electron chi connectivity index (χ4n) is 7.90. The van der Waals surface area contributed by atoms with Crippen LogP contribution < -0.4 is 108 Å². The van der Waals surface area contributed by atoms with E-state index < -0.39 is 6.10 Å². The molecule has 0 aliphatic carbocycles. The molecule has 0 bridgehead atoms. The second kappa shape index (κ2) is 40.0. The summed E-state index contributed by atoms with van der Waals surface area (Å²) in [6.45, 7) is 31.8. The first-order valence-corrected chi connectivity index (χ1v) is 25.4. The van der Waals surface area contributed by atoms with Crippen molar-refractivity contribution < 1.29 is 124 Å². The predicted octanol–water partition coefficient (Wildman–Crippen LogP) is 7.41. The smallest absolute Gasteiger partial charge is 1.00 e. The Morgan fingerprint density at radius 1 is 0.494 bits per heavy atom. The quantitative estimate of drug-likeness (QED) is 0.0446. The molecule has 0 aliphatic rings. The maximum Gasteiger partial charge on any atom is 1.00 e. The van der Waals surface area contributed by atoms with Gasteiger partial charge in [-0.05, 0) is 93.0 Å². The van der Waals surface area contributed by atoms with Crippen LogP contribution in [0, 0.1) is 71.6 Å². The number of nitriles is 4. The fraction of sp³-hybridized carbons (Fsp3) is 0.0896. The zero-order chi connectivity index (χ0) is 61.2. The Kier molecular flexibility index (Phi) is 33.1. The van der Waals surface area contributed by atoms with Crippen molar-refractivity contribution in [3.05, 3.63) is 332 Å². The molecule has 4 unspecified atom stereocenters. The minimum absolute atomic E-state index is 0. The molecule has 18 nitrogen and oxygen atoms in total. The number of H-pyrrole nitrogens is 1. The van der Waals surface area contributed by atoms with Gasteiger partial charge in [-0.15, -0.1) is 0 Å². The van der Waals surface area contributed by atoms with Crippen LogP contribution in [0.4, 0.5) is 22.7 Å². The molecular weight excluding hydrogens is 1140 g/mol. The molecule has 414 valence electrons. The number of hydrogen-bond acceptors (Lipinski definition) is 12. The average molecular weight is 1190 g/mol. The van der Waals surface area contributed by atoms with E-state index in [0.29, 0.717) is 45.0 Å². The summed E-state index contributed by atoms with van der Waals surface area (Å²) in [4.78, 5) is 32.3. The first kappa shape index (κ1) is 71.9. The fourth-order valence-corrected chi connectivity index (χ4v) is 7.90. The molecule has 0 spiro atoms. The summed E-state index contributed by atoms with van der Waals surface area (Å²) < 4.78 is 1.76. The van der Waals surface area contributed by atoms with Gasteiger partial charge in [-0.3, -0.25) is 9.89 Å². The molecule has 10 rings (SSSR count). The van der Waals surface area contributed by atoms with Gasteiger partial charge >= 0.3 is 103 Å². The van der Waals surface area contributed by atoms with Crippen molar-refractivity contribution in [3.8, 4) is 24.3 Å². The molecule has 0 saturated heterocycles. The van der Waals surface area contributed by atoms with E-state index in [1.165, 1.54) is 41.2 Å². The minimum atomic E-state index is -0.738. The van der Waals surface area contributed by atoms with E-state index in [1.54, 1.807) is 83.8 Å². The molecule has 2 N–H and O–H groups in total. The van der Waals surface area contributed by atoms with Crippen LogP contribution in [0.1, 0.15) is 106 Å². The largest absolute Gasteiger partial charge is 1.00 e. The van der Waals surface area contributed by atoms with E-state index in [9.17, 15) is 5.11 Å². The Morgan fingerprint density at radius 3 is 1.00 bits per heavy atom. The minimum Gasteiger partial charge on any atom is -1.00 e. The summed E-state index contributed by atoms with van der Waals surface area (Å²) >= 11 is 0. The van der Waals surface area contributed by atoms with Crippen molar-refractivity contribution in [2.75, 3.05) is 0 Å².